The first-order valence-electron chi connectivity index (χ1n) is 15.4. The van der Waals surface area contributed by atoms with Gasteiger partial charge in [-0.05, 0) is 93.0 Å². The second-order valence-corrected chi connectivity index (χ2v) is 12.4. The zero-order chi connectivity index (χ0) is 29.5. The lowest BCUT2D eigenvalue weighted by molar-refractivity contribution is 0.0950. The van der Waals surface area contributed by atoms with Crippen molar-refractivity contribution in [2.75, 3.05) is 46.8 Å². The lowest BCUT2D eigenvalue weighted by atomic mass is 9.99. The van der Waals surface area contributed by atoms with E-state index in [-0.39, 0.29) is 11.7 Å². The van der Waals surface area contributed by atoms with Gasteiger partial charge in [-0.15, -0.1) is 0 Å². The number of benzene rings is 3. The van der Waals surface area contributed by atoms with Crippen LogP contribution in [0.1, 0.15) is 53.2 Å². The van der Waals surface area contributed by atoms with Crippen LogP contribution in [0.15, 0.2) is 66.7 Å². The molecule has 2 aliphatic heterocycles. The second kappa shape index (κ2) is 14.4. The standard InChI is InChI=1S/C35H46FN5O/c1-26-22-40(17-15-37-26)23-28-8-6-10-30(18-28)33-20-27(13-14-34(33)36)21-38-35(42)31-11-7-9-29(19-31)24-41-16-5-4-12-32(41)25-39(2)3/h6-11,13-14,18-20,26,32,37H,4-5,12,15-17,21-25H2,1-3H3,(H,38,42)/t26-,32?/m0/s1. The summed E-state index contributed by atoms with van der Waals surface area (Å²) in [6, 6.07) is 22.3. The quantitative estimate of drug-likeness (QED) is 0.353. The van der Waals surface area contributed by atoms with E-state index in [1.807, 2.05) is 36.4 Å². The SMILES string of the molecule is C[C@H]1CN(Cc2cccc(-c3cc(CNC(=O)c4cccc(CN5CCCCC5CN(C)C)c4)ccc3F)c2)CCN1. The zero-order valence-electron chi connectivity index (χ0n) is 25.4. The number of likely N-dealkylation sites (N-methyl/N-ethyl adjacent to an activating group) is 1. The maximum absolute atomic E-state index is 15.0. The summed E-state index contributed by atoms with van der Waals surface area (Å²) in [7, 11) is 4.27. The van der Waals surface area contributed by atoms with Crippen molar-refractivity contribution in [3.63, 3.8) is 0 Å². The number of piperidine rings is 1. The second-order valence-electron chi connectivity index (χ2n) is 12.4. The monoisotopic (exact) mass is 571 g/mol. The van der Waals surface area contributed by atoms with Crippen molar-refractivity contribution in [2.24, 2.45) is 0 Å². The van der Waals surface area contributed by atoms with Crippen LogP contribution in [0.3, 0.4) is 0 Å². The van der Waals surface area contributed by atoms with Gasteiger partial charge in [-0.1, -0.05) is 42.8 Å². The molecule has 3 aromatic carbocycles. The molecule has 3 aromatic rings. The Kier molecular flexibility index (Phi) is 10.4. The van der Waals surface area contributed by atoms with E-state index in [4.69, 9.17) is 0 Å². The highest BCUT2D eigenvalue weighted by molar-refractivity contribution is 5.94. The van der Waals surface area contributed by atoms with Crippen molar-refractivity contribution in [3.8, 4) is 11.1 Å². The van der Waals surface area contributed by atoms with Crippen molar-refractivity contribution in [2.45, 2.75) is 57.9 Å². The number of nitrogens with one attached hydrogen (secondary N) is 2. The van der Waals surface area contributed by atoms with Crippen LogP contribution in [0.2, 0.25) is 0 Å². The van der Waals surface area contributed by atoms with E-state index >= 15 is 0 Å². The lowest BCUT2D eigenvalue weighted by Gasteiger charge is -2.37. The van der Waals surface area contributed by atoms with Gasteiger partial charge in [0.25, 0.3) is 5.91 Å². The van der Waals surface area contributed by atoms with E-state index in [9.17, 15) is 9.18 Å². The number of amides is 1. The Hall–Kier alpha value is -3.10. The molecule has 0 saturated carbocycles. The van der Waals surface area contributed by atoms with E-state index in [1.54, 1.807) is 6.07 Å². The number of rotatable bonds is 10. The number of hydrogen-bond donors (Lipinski definition) is 2. The molecule has 1 amide bonds. The zero-order valence-corrected chi connectivity index (χ0v) is 25.4. The molecule has 224 valence electrons. The van der Waals surface area contributed by atoms with Gasteiger partial charge in [0.1, 0.15) is 5.82 Å². The molecule has 0 spiro atoms. The first-order valence-corrected chi connectivity index (χ1v) is 15.4. The fourth-order valence-electron chi connectivity index (χ4n) is 6.38. The third-order valence-corrected chi connectivity index (χ3v) is 8.48. The van der Waals surface area contributed by atoms with Crippen molar-refractivity contribution in [1.29, 1.82) is 0 Å². The van der Waals surface area contributed by atoms with E-state index in [0.29, 0.717) is 29.8 Å². The molecular formula is C35H46FN5O. The fourth-order valence-corrected chi connectivity index (χ4v) is 6.38. The summed E-state index contributed by atoms with van der Waals surface area (Å²) in [5.74, 6) is -0.366. The molecule has 7 heteroatoms. The van der Waals surface area contributed by atoms with Crippen molar-refractivity contribution in [1.82, 2.24) is 25.3 Å². The van der Waals surface area contributed by atoms with Gasteiger partial charge in [0.05, 0.1) is 0 Å². The Morgan fingerprint density at radius 2 is 1.79 bits per heavy atom. The van der Waals surface area contributed by atoms with Gasteiger partial charge >= 0.3 is 0 Å². The Labute approximate surface area is 250 Å². The van der Waals surface area contributed by atoms with Crippen molar-refractivity contribution in [3.05, 3.63) is 94.8 Å². The molecule has 42 heavy (non-hydrogen) atoms. The number of likely N-dealkylation sites (tertiary alicyclic amines) is 1. The van der Waals surface area contributed by atoms with Crippen LogP contribution in [-0.4, -0.2) is 79.5 Å². The molecule has 2 saturated heterocycles. The minimum atomic E-state index is -0.254. The van der Waals surface area contributed by atoms with Gasteiger partial charge in [-0.3, -0.25) is 14.6 Å². The number of carbonyl (C=O) groups excluding carboxylic acids is 1. The molecule has 2 N–H and O–H groups in total. The summed E-state index contributed by atoms with van der Waals surface area (Å²) in [6.07, 6.45) is 3.73. The van der Waals surface area contributed by atoms with E-state index in [2.05, 4.69) is 64.6 Å². The van der Waals surface area contributed by atoms with Crippen LogP contribution in [0, 0.1) is 5.82 Å². The summed E-state index contributed by atoms with van der Waals surface area (Å²) >= 11 is 0. The van der Waals surface area contributed by atoms with Crippen LogP contribution in [0.25, 0.3) is 11.1 Å². The normalized spacial score (nSPS) is 20.1. The third kappa shape index (κ3) is 8.26. The smallest absolute Gasteiger partial charge is 0.251 e. The van der Waals surface area contributed by atoms with Gasteiger partial charge in [0, 0.05) is 69.0 Å². The Balaban J connectivity index is 1.22. The minimum absolute atomic E-state index is 0.113. The molecule has 2 fully saturated rings. The summed E-state index contributed by atoms with van der Waals surface area (Å²) in [6.45, 7) is 9.41. The average molecular weight is 572 g/mol. The molecule has 0 bridgehead atoms. The predicted molar refractivity (Wildman–Crippen MR) is 169 cm³/mol. The maximum atomic E-state index is 15.0. The first-order chi connectivity index (χ1) is 20.3. The van der Waals surface area contributed by atoms with Crippen molar-refractivity contribution >= 4 is 5.91 Å². The van der Waals surface area contributed by atoms with Gasteiger partial charge < -0.3 is 15.5 Å². The molecule has 0 radical (unpaired) electrons. The first kappa shape index (κ1) is 30.4. The number of carbonyl (C=O) groups is 1. The van der Waals surface area contributed by atoms with Crippen LogP contribution in [0.4, 0.5) is 4.39 Å². The predicted octanol–water partition coefficient (Wildman–Crippen LogP) is 5.13. The van der Waals surface area contributed by atoms with E-state index in [0.717, 1.165) is 62.5 Å². The Bertz CT molecular complexity index is 1340. The molecular weight excluding hydrogens is 525 g/mol. The molecule has 5 rings (SSSR count). The number of halogens is 1. The highest BCUT2D eigenvalue weighted by Crippen LogP contribution is 2.26. The highest BCUT2D eigenvalue weighted by Gasteiger charge is 2.23. The average Bonchev–Trinajstić information content (AvgIpc) is 2.98. The summed E-state index contributed by atoms with van der Waals surface area (Å²) in [5.41, 5.74) is 5.29. The summed E-state index contributed by atoms with van der Waals surface area (Å²) in [5, 5.41) is 6.54. The highest BCUT2D eigenvalue weighted by atomic mass is 19.1. The van der Waals surface area contributed by atoms with Crippen LogP contribution >= 0.6 is 0 Å². The van der Waals surface area contributed by atoms with E-state index < -0.39 is 0 Å². The third-order valence-electron chi connectivity index (χ3n) is 8.48. The number of hydrogen-bond acceptors (Lipinski definition) is 5. The number of nitrogens with zero attached hydrogens (tertiary/aromatic N) is 3. The lowest BCUT2D eigenvalue weighted by Crippen LogP contribution is -2.48. The van der Waals surface area contributed by atoms with Crippen molar-refractivity contribution < 1.29 is 9.18 Å². The van der Waals surface area contributed by atoms with Crippen LogP contribution in [-0.2, 0) is 19.6 Å². The molecule has 0 aliphatic carbocycles. The number of piperazine rings is 1. The summed E-state index contributed by atoms with van der Waals surface area (Å²) < 4.78 is 15.0. The summed E-state index contributed by atoms with van der Waals surface area (Å²) in [4.78, 5) is 20.4. The van der Waals surface area contributed by atoms with Gasteiger partial charge in [0.15, 0.2) is 0 Å². The van der Waals surface area contributed by atoms with Gasteiger partial charge in [0.2, 0.25) is 0 Å². The molecule has 0 aromatic heterocycles. The van der Waals surface area contributed by atoms with Crippen LogP contribution in [0.5, 0.6) is 0 Å². The molecule has 6 nitrogen and oxygen atoms in total. The Morgan fingerprint density at radius 3 is 2.60 bits per heavy atom. The largest absolute Gasteiger partial charge is 0.348 e. The van der Waals surface area contributed by atoms with Gasteiger partial charge in [-0.2, -0.15) is 0 Å². The fraction of sp³-hybridized carbons (Fsp3) is 0.457. The van der Waals surface area contributed by atoms with Crippen LogP contribution < -0.4 is 10.6 Å². The maximum Gasteiger partial charge on any atom is 0.251 e. The molecule has 2 heterocycles. The molecule has 2 atom stereocenters. The minimum Gasteiger partial charge on any atom is -0.348 e. The molecule has 2 aliphatic rings. The molecule has 1 unspecified atom stereocenters. The Morgan fingerprint density at radius 1 is 0.976 bits per heavy atom. The van der Waals surface area contributed by atoms with Gasteiger partial charge in [-0.25, -0.2) is 4.39 Å². The topological polar surface area (TPSA) is 50.9 Å². The van der Waals surface area contributed by atoms with E-state index in [1.165, 1.54) is 30.9 Å².